The zero-order chi connectivity index (χ0) is 13.3. The van der Waals surface area contributed by atoms with Gasteiger partial charge in [0, 0.05) is 4.47 Å². The summed E-state index contributed by atoms with van der Waals surface area (Å²) in [5.74, 6) is 0. The lowest BCUT2D eigenvalue weighted by molar-refractivity contribution is 0.105. The Morgan fingerprint density at radius 3 is 2.12 bits per heavy atom. The van der Waals surface area contributed by atoms with Crippen LogP contribution in [0, 0.1) is 0 Å². The summed E-state index contributed by atoms with van der Waals surface area (Å²) in [4.78, 5) is 0. The van der Waals surface area contributed by atoms with Crippen LogP contribution in [-0.4, -0.2) is 13.2 Å². The smallest absolute Gasteiger partial charge is 0.111 e. The third kappa shape index (κ3) is 3.20. The summed E-state index contributed by atoms with van der Waals surface area (Å²) in [5, 5.41) is 11.7. The maximum Gasteiger partial charge on any atom is 0.111 e. The Balaban J connectivity index is 3.27. The van der Waals surface area contributed by atoms with Gasteiger partial charge in [-0.25, -0.2) is 0 Å². The third-order valence-electron chi connectivity index (χ3n) is 2.82. The molecule has 1 atom stereocenters. The van der Waals surface area contributed by atoms with Crippen LogP contribution in [0.5, 0.6) is 0 Å². The van der Waals surface area contributed by atoms with E-state index >= 15 is 0 Å². The molecule has 0 aliphatic rings. The van der Waals surface area contributed by atoms with E-state index in [4.69, 9.17) is 0 Å². The quantitative estimate of drug-likeness (QED) is 0.654. The summed E-state index contributed by atoms with van der Waals surface area (Å²) in [6, 6.07) is 7.74. The lowest BCUT2D eigenvalue weighted by atomic mass is 9.96. The molecule has 1 aromatic carbocycles. The van der Waals surface area contributed by atoms with E-state index in [2.05, 4.69) is 47.9 Å². The van der Waals surface area contributed by atoms with Crippen LogP contribution in [0.25, 0.3) is 0 Å². The molecule has 1 N–H and O–H groups in total. The second kappa shape index (κ2) is 4.95. The van der Waals surface area contributed by atoms with E-state index in [0.717, 1.165) is 15.2 Å². The van der Waals surface area contributed by atoms with Gasteiger partial charge in [-0.3, -0.25) is 0 Å². The second-order valence-electron chi connectivity index (χ2n) is 5.38. The van der Waals surface area contributed by atoms with Gasteiger partial charge < -0.3 is 5.11 Å². The Morgan fingerprint density at radius 2 is 1.76 bits per heavy atom. The summed E-state index contributed by atoms with van der Waals surface area (Å²) >= 11 is 3.40. The molecule has 3 heteroatoms. The Hall–Kier alpha value is -0.603. The van der Waals surface area contributed by atoms with E-state index in [1.165, 1.54) is 0 Å². The van der Waals surface area contributed by atoms with Crippen molar-refractivity contribution in [1.82, 2.24) is 0 Å². The SMILES string of the molecule is C=C=C([C@](C)(O)c1ccc(Br)cc1)[Si](C)(C)C. The van der Waals surface area contributed by atoms with Gasteiger partial charge in [0.25, 0.3) is 0 Å². The van der Waals surface area contributed by atoms with Crippen molar-refractivity contribution in [3.05, 3.63) is 51.8 Å². The lowest BCUT2D eigenvalue weighted by Crippen LogP contribution is -2.38. The summed E-state index contributed by atoms with van der Waals surface area (Å²) in [6.07, 6.45) is 0. The van der Waals surface area contributed by atoms with Gasteiger partial charge in [-0.15, -0.1) is 5.73 Å². The van der Waals surface area contributed by atoms with Crippen molar-refractivity contribution in [2.24, 2.45) is 0 Å². The van der Waals surface area contributed by atoms with E-state index in [1.54, 1.807) is 0 Å². The van der Waals surface area contributed by atoms with E-state index in [9.17, 15) is 5.11 Å². The minimum absolute atomic E-state index is 0.884. The molecule has 0 fully saturated rings. The predicted octanol–water partition coefficient (Wildman–Crippen LogP) is 4.25. The first-order valence-corrected chi connectivity index (χ1v) is 9.88. The molecule has 0 aliphatic heterocycles. The van der Waals surface area contributed by atoms with Crippen molar-refractivity contribution >= 4 is 24.0 Å². The van der Waals surface area contributed by atoms with Crippen LogP contribution in [0.4, 0.5) is 0 Å². The normalized spacial score (nSPS) is 14.9. The Morgan fingerprint density at radius 1 is 1.29 bits per heavy atom. The average Bonchev–Trinajstić information content (AvgIpc) is 2.16. The number of benzene rings is 1. The highest BCUT2D eigenvalue weighted by atomic mass is 79.9. The van der Waals surface area contributed by atoms with E-state index in [-0.39, 0.29) is 0 Å². The molecule has 0 unspecified atom stereocenters. The van der Waals surface area contributed by atoms with Gasteiger partial charge in [0.1, 0.15) is 5.60 Å². The van der Waals surface area contributed by atoms with Gasteiger partial charge in [0.05, 0.1) is 8.07 Å². The van der Waals surface area contributed by atoms with Crippen molar-refractivity contribution in [3.8, 4) is 0 Å². The maximum atomic E-state index is 10.8. The Bertz CT molecular complexity index is 448. The third-order valence-corrected chi connectivity index (χ3v) is 5.51. The number of hydrogen-bond acceptors (Lipinski definition) is 1. The molecule has 1 aromatic rings. The van der Waals surface area contributed by atoms with Crippen LogP contribution in [0.2, 0.25) is 19.6 Å². The zero-order valence-electron chi connectivity index (χ0n) is 10.8. The maximum absolute atomic E-state index is 10.8. The molecule has 1 rings (SSSR count). The molecule has 1 nitrogen and oxygen atoms in total. The zero-order valence-corrected chi connectivity index (χ0v) is 13.4. The number of halogens is 1. The van der Waals surface area contributed by atoms with Crippen molar-refractivity contribution in [2.75, 3.05) is 0 Å². The van der Waals surface area contributed by atoms with Crippen molar-refractivity contribution in [1.29, 1.82) is 0 Å². The first-order chi connectivity index (χ1) is 7.69. The van der Waals surface area contributed by atoms with Crippen LogP contribution in [0.1, 0.15) is 12.5 Å². The molecule has 0 amide bonds. The van der Waals surface area contributed by atoms with Gasteiger partial charge in [0.15, 0.2) is 0 Å². The lowest BCUT2D eigenvalue weighted by Gasteiger charge is -2.33. The van der Waals surface area contributed by atoms with E-state index in [1.807, 2.05) is 31.2 Å². The second-order valence-corrected chi connectivity index (χ2v) is 11.3. The van der Waals surface area contributed by atoms with Gasteiger partial charge in [-0.1, -0.05) is 54.3 Å². The Labute approximate surface area is 113 Å². The molecular formula is C14H19BrOSi. The molecule has 17 heavy (non-hydrogen) atoms. The highest BCUT2D eigenvalue weighted by molar-refractivity contribution is 9.10. The molecule has 0 bridgehead atoms. The number of hydrogen-bond donors (Lipinski definition) is 1. The summed E-state index contributed by atoms with van der Waals surface area (Å²) in [5.41, 5.74) is 2.87. The summed E-state index contributed by atoms with van der Waals surface area (Å²) < 4.78 is 1.01. The molecule has 0 saturated heterocycles. The van der Waals surface area contributed by atoms with Gasteiger partial charge in [-0.2, -0.15) is 0 Å². The fraction of sp³-hybridized carbons (Fsp3) is 0.357. The average molecular weight is 311 g/mol. The van der Waals surface area contributed by atoms with Gasteiger partial charge in [-0.05, 0) is 29.8 Å². The van der Waals surface area contributed by atoms with Crippen LogP contribution in [0.15, 0.2) is 46.2 Å². The molecule has 0 radical (unpaired) electrons. The Kier molecular flexibility index (Phi) is 4.21. The highest BCUT2D eigenvalue weighted by Gasteiger charge is 2.36. The molecule has 92 valence electrons. The first-order valence-electron chi connectivity index (χ1n) is 5.59. The topological polar surface area (TPSA) is 20.2 Å². The standard InChI is InChI=1S/C14H19BrOSi/c1-6-13(17(3,4)5)14(2,16)11-7-9-12(15)10-8-11/h7-10,16H,1H2,2-5H3/t14-/m1/s1. The van der Waals surface area contributed by atoms with Crippen molar-refractivity contribution in [2.45, 2.75) is 32.2 Å². The van der Waals surface area contributed by atoms with Crippen LogP contribution in [0.3, 0.4) is 0 Å². The predicted molar refractivity (Wildman–Crippen MR) is 79.7 cm³/mol. The van der Waals surface area contributed by atoms with Crippen LogP contribution < -0.4 is 0 Å². The molecular weight excluding hydrogens is 292 g/mol. The largest absolute Gasteiger partial charge is 0.381 e. The number of aliphatic hydroxyl groups is 1. The summed E-state index contributed by atoms with van der Waals surface area (Å²) in [7, 11) is -1.64. The minimum Gasteiger partial charge on any atom is -0.381 e. The van der Waals surface area contributed by atoms with Crippen LogP contribution in [-0.2, 0) is 5.60 Å². The van der Waals surface area contributed by atoms with E-state index < -0.39 is 13.7 Å². The fourth-order valence-corrected chi connectivity index (χ4v) is 4.49. The molecule has 0 heterocycles. The van der Waals surface area contributed by atoms with Gasteiger partial charge in [0.2, 0.25) is 0 Å². The number of rotatable bonds is 3. The molecule has 0 spiro atoms. The minimum atomic E-state index is -1.64. The van der Waals surface area contributed by atoms with Crippen LogP contribution >= 0.6 is 15.9 Å². The summed E-state index contributed by atoms with van der Waals surface area (Å²) in [6.45, 7) is 12.1. The van der Waals surface area contributed by atoms with Crippen molar-refractivity contribution < 1.29 is 5.11 Å². The molecule has 0 aromatic heterocycles. The monoisotopic (exact) mass is 310 g/mol. The highest BCUT2D eigenvalue weighted by Crippen LogP contribution is 2.34. The first kappa shape index (κ1) is 14.5. The fourth-order valence-electron chi connectivity index (χ4n) is 2.09. The van der Waals surface area contributed by atoms with E-state index in [0.29, 0.717) is 0 Å². The van der Waals surface area contributed by atoms with Crippen molar-refractivity contribution in [3.63, 3.8) is 0 Å². The molecule has 0 aliphatic carbocycles. The molecule has 0 saturated carbocycles. The van der Waals surface area contributed by atoms with Gasteiger partial charge >= 0.3 is 0 Å².